The van der Waals surface area contributed by atoms with Crippen molar-refractivity contribution in [3.63, 3.8) is 0 Å². The maximum Gasteiger partial charge on any atom is 0.453 e. The van der Waals surface area contributed by atoms with E-state index in [0.29, 0.717) is 18.8 Å². The van der Waals surface area contributed by atoms with Crippen molar-refractivity contribution in [2.45, 2.75) is 108 Å². The summed E-state index contributed by atoms with van der Waals surface area (Å²) in [5.74, 6) is -3.04. The number of allylic oxidation sites excluding steroid dienone is 1. The summed E-state index contributed by atoms with van der Waals surface area (Å²) in [4.78, 5) is 12.3. The van der Waals surface area contributed by atoms with E-state index in [1.807, 2.05) is 24.3 Å². The summed E-state index contributed by atoms with van der Waals surface area (Å²) in [6.07, 6.45) is 1.16. The Balaban J connectivity index is 1.55. The molecule has 50 heavy (non-hydrogen) atoms. The van der Waals surface area contributed by atoms with Gasteiger partial charge in [0.1, 0.15) is 17.2 Å². The quantitative estimate of drug-likeness (QED) is 0.0395. The molecule has 2 atom stereocenters. The Kier molecular flexibility index (Phi) is 16.3. The van der Waals surface area contributed by atoms with Gasteiger partial charge in [-0.15, -0.1) is 0 Å². The average molecular weight is 715 g/mol. The van der Waals surface area contributed by atoms with E-state index in [-0.39, 0.29) is 43.5 Å². The van der Waals surface area contributed by atoms with Crippen molar-refractivity contribution in [1.29, 1.82) is 0 Å². The molecule has 2 aromatic rings. The van der Waals surface area contributed by atoms with Gasteiger partial charge in [-0.05, 0) is 68.4 Å². The molecule has 0 aliphatic carbocycles. The van der Waals surface area contributed by atoms with Crippen molar-refractivity contribution in [1.82, 2.24) is 0 Å². The van der Waals surface area contributed by atoms with Crippen LogP contribution in [-0.4, -0.2) is 59.1 Å². The molecule has 1 aliphatic rings. The highest BCUT2D eigenvalue weighted by atomic mass is 19.4. The molecule has 3 rings (SSSR count). The SMILES string of the molecule is CCOC(=O)C(=CCCCCCCCCC1c2ccc(OCOC)cc2OCC1(C)c1ccc(OCOC)cc1)CCCC(F)(F)C(F)(F)F. The molecule has 2 unspecified atom stereocenters. The highest BCUT2D eigenvalue weighted by Gasteiger charge is 2.56. The molecule has 1 aliphatic heterocycles. The Labute approximate surface area is 292 Å². The summed E-state index contributed by atoms with van der Waals surface area (Å²) < 4.78 is 96.8. The molecule has 0 saturated carbocycles. The number of fused-ring (bicyclic) bond motifs is 1. The average Bonchev–Trinajstić information content (AvgIpc) is 3.08. The van der Waals surface area contributed by atoms with Gasteiger partial charge in [0.05, 0.1) is 13.2 Å². The largest absolute Gasteiger partial charge is 0.492 e. The van der Waals surface area contributed by atoms with E-state index in [1.54, 1.807) is 27.2 Å². The van der Waals surface area contributed by atoms with Crippen LogP contribution >= 0.6 is 0 Å². The molecule has 280 valence electrons. The predicted octanol–water partition coefficient (Wildman–Crippen LogP) is 10.1. The Morgan fingerprint density at radius 1 is 0.880 bits per heavy atom. The summed E-state index contributed by atoms with van der Waals surface area (Å²) in [5, 5.41) is 0. The lowest BCUT2D eigenvalue weighted by atomic mass is 9.66. The van der Waals surface area contributed by atoms with Crippen LogP contribution in [0.15, 0.2) is 54.1 Å². The Morgan fingerprint density at radius 3 is 2.14 bits per heavy atom. The van der Waals surface area contributed by atoms with Crippen LogP contribution in [0.3, 0.4) is 0 Å². The number of esters is 1. The molecule has 0 radical (unpaired) electrons. The molecule has 1 heterocycles. The minimum Gasteiger partial charge on any atom is -0.492 e. The third-order valence-electron chi connectivity index (χ3n) is 9.08. The van der Waals surface area contributed by atoms with Gasteiger partial charge in [-0.3, -0.25) is 0 Å². The van der Waals surface area contributed by atoms with E-state index in [2.05, 4.69) is 25.1 Å². The van der Waals surface area contributed by atoms with E-state index in [1.165, 1.54) is 0 Å². The summed E-state index contributed by atoms with van der Waals surface area (Å²) in [6.45, 7) is 4.76. The van der Waals surface area contributed by atoms with Crippen LogP contribution < -0.4 is 14.2 Å². The van der Waals surface area contributed by atoms with Gasteiger partial charge in [0.15, 0.2) is 13.6 Å². The second kappa shape index (κ2) is 19.9. The maximum atomic E-state index is 13.3. The molecular weight excluding hydrogens is 663 g/mol. The van der Waals surface area contributed by atoms with Gasteiger partial charge in [-0.25, -0.2) is 4.79 Å². The fraction of sp³-hybridized carbons (Fsp3) is 0.605. The van der Waals surface area contributed by atoms with E-state index in [4.69, 9.17) is 28.4 Å². The number of ether oxygens (including phenoxy) is 6. The smallest absolute Gasteiger partial charge is 0.453 e. The number of unbranched alkanes of at least 4 members (excludes halogenated alkanes) is 6. The Hall–Kier alpha value is -3.38. The van der Waals surface area contributed by atoms with Gasteiger partial charge in [-0.1, -0.05) is 63.3 Å². The first-order valence-electron chi connectivity index (χ1n) is 17.3. The molecule has 0 aromatic heterocycles. The van der Waals surface area contributed by atoms with Crippen LogP contribution in [0.2, 0.25) is 0 Å². The van der Waals surface area contributed by atoms with E-state index < -0.39 is 30.9 Å². The van der Waals surface area contributed by atoms with Gasteiger partial charge in [-0.2, -0.15) is 22.0 Å². The number of carbonyl (C=O) groups is 1. The summed E-state index contributed by atoms with van der Waals surface area (Å²) in [6, 6.07) is 14.0. The van der Waals surface area contributed by atoms with Crippen LogP contribution in [0, 0.1) is 0 Å². The molecule has 0 fully saturated rings. The molecular formula is C38H51F5O7. The predicted molar refractivity (Wildman–Crippen MR) is 180 cm³/mol. The lowest BCUT2D eigenvalue weighted by Crippen LogP contribution is -2.40. The van der Waals surface area contributed by atoms with Gasteiger partial charge in [0.25, 0.3) is 0 Å². The number of alkyl halides is 5. The normalized spacial score (nSPS) is 17.9. The number of hydrogen-bond acceptors (Lipinski definition) is 7. The summed E-state index contributed by atoms with van der Waals surface area (Å²) in [7, 11) is 3.15. The molecule has 0 spiro atoms. The van der Waals surface area contributed by atoms with Crippen LogP contribution in [0.1, 0.15) is 102 Å². The highest BCUT2D eigenvalue weighted by Crippen LogP contribution is 2.50. The van der Waals surface area contributed by atoms with Crippen LogP contribution in [-0.2, 0) is 24.4 Å². The van der Waals surface area contributed by atoms with Crippen molar-refractivity contribution >= 4 is 5.97 Å². The number of methoxy groups -OCH3 is 2. The van der Waals surface area contributed by atoms with E-state index in [9.17, 15) is 26.7 Å². The fourth-order valence-corrected chi connectivity index (χ4v) is 6.26. The van der Waals surface area contributed by atoms with Crippen LogP contribution in [0.4, 0.5) is 22.0 Å². The minimum absolute atomic E-state index is 0.0907. The molecule has 12 heteroatoms. The molecule has 0 bridgehead atoms. The topological polar surface area (TPSA) is 72.5 Å². The first-order chi connectivity index (χ1) is 23.9. The van der Waals surface area contributed by atoms with Crippen molar-refractivity contribution in [3.8, 4) is 17.2 Å². The minimum atomic E-state index is -5.61. The monoisotopic (exact) mass is 714 g/mol. The van der Waals surface area contributed by atoms with Gasteiger partial charge >= 0.3 is 18.1 Å². The summed E-state index contributed by atoms with van der Waals surface area (Å²) in [5.41, 5.74) is 2.16. The van der Waals surface area contributed by atoms with Gasteiger partial charge < -0.3 is 28.4 Å². The number of halogens is 5. The second-order valence-electron chi connectivity index (χ2n) is 12.8. The molecule has 2 aromatic carbocycles. The zero-order valence-corrected chi connectivity index (χ0v) is 29.6. The number of rotatable bonds is 22. The Bertz CT molecular complexity index is 1350. The summed E-state index contributed by atoms with van der Waals surface area (Å²) >= 11 is 0. The number of carbonyl (C=O) groups excluding carboxylic acids is 1. The molecule has 7 nitrogen and oxygen atoms in total. The molecule has 0 amide bonds. The van der Waals surface area contributed by atoms with Crippen molar-refractivity contribution in [2.24, 2.45) is 0 Å². The number of hydrogen-bond donors (Lipinski definition) is 0. The maximum absolute atomic E-state index is 13.3. The standard InChI is InChI=1S/C38H51F5O7/c1-5-47-35(44)28(15-13-23-37(39,40)38(41,42)43)14-11-9-7-6-8-10-12-16-33-32-22-21-31(50-27-46-4)24-34(32)48-25-36(33,2)29-17-19-30(20-18-29)49-26-45-3/h14,17-22,24,33H,5-13,15-16,23,25-27H2,1-4H3. The second-order valence-corrected chi connectivity index (χ2v) is 12.8. The molecule has 0 N–H and O–H groups in total. The van der Waals surface area contributed by atoms with Crippen molar-refractivity contribution in [2.75, 3.05) is 41.0 Å². The van der Waals surface area contributed by atoms with Crippen molar-refractivity contribution in [3.05, 3.63) is 65.2 Å². The van der Waals surface area contributed by atoms with Gasteiger partial charge in [0, 0.05) is 43.6 Å². The third-order valence-corrected chi connectivity index (χ3v) is 9.08. The lowest BCUT2D eigenvalue weighted by Gasteiger charge is -2.43. The Morgan fingerprint density at radius 2 is 1.50 bits per heavy atom. The zero-order chi connectivity index (χ0) is 36.6. The first kappa shape index (κ1) is 41.0. The molecule has 0 saturated heterocycles. The van der Waals surface area contributed by atoms with Crippen LogP contribution in [0.25, 0.3) is 0 Å². The lowest BCUT2D eigenvalue weighted by molar-refractivity contribution is -0.284. The number of benzene rings is 2. The fourth-order valence-electron chi connectivity index (χ4n) is 6.26. The van der Waals surface area contributed by atoms with E-state index in [0.717, 1.165) is 67.6 Å². The first-order valence-corrected chi connectivity index (χ1v) is 17.3. The third kappa shape index (κ3) is 11.9. The highest BCUT2D eigenvalue weighted by molar-refractivity contribution is 5.88. The van der Waals surface area contributed by atoms with E-state index >= 15 is 0 Å². The van der Waals surface area contributed by atoms with Crippen LogP contribution in [0.5, 0.6) is 17.2 Å². The zero-order valence-electron chi connectivity index (χ0n) is 29.6. The van der Waals surface area contributed by atoms with Gasteiger partial charge in [0.2, 0.25) is 0 Å². The van der Waals surface area contributed by atoms with Crippen molar-refractivity contribution < 1.29 is 55.2 Å².